The number of carboxylic acid groups (broad SMARTS) is 1. The maximum Gasteiger partial charge on any atom is 0.573 e. The van der Waals surface area contributed by atoms with E-state index in [4.69, 9.17) is 4.74 Å². The van der Waals surface area contributed by atoms with Gasteiger partial charge in [0.05, 0.1) is 17.4 Å². The second-order valence-electron chi connectivity index (χ2n) is 18.4. The molecule has 8 rings (SSSR count). The molecule has 2 unspecified atom stereocenters. The number of halogens is 3. The highest BCUT2D eigenvalue weighted by molar-refractivity contribution is 6.04. The number of anilines is 3. The van der Waals surface area contributed by atoms with E-state index in [2.05, 4.69) is 57.4 Å². The molecule has 340 valence electrons. The van der Waals surface area contributed by atoms with Gasteiger partial charge >= 0.3 is 18.5 Å². The van der Waals surface area contributed by atoms with Gasteiger partial charge < -0.3 is 56.3 Å². The van der Waals surface area contributed by atoms with Crippen LogP contribution in [-0.4, -0.2) is 115 Å². The van der Waals surface area contributed by atoms with Crippen molar-refractivity contribution in [1.82, 2.24) is 25.8 Å². The zero-order valence-corrected chi connectivity index (χ0v) is 35.8. The summed E-state index contributed by atoms with van der Waals surface area (Å²) in [6, 6.07) is 11.7. The maximum absolute atomic E-state index is 14.1. The van der Waals surface area contributed by atoms with Gasteiger partial charge in [0.2, 0.25) is 11.8 Å². The lowest BCUT2D eigenvalue weighted by Gasteiger charge is -2.36. The molecule has 1 saturated carbocycles. The Morgan fingerprint density at radius 1 is 0.984 bits per heavy atom. The zero-order valence-electron chi connectivity index (χ0n) is 35.8. The number of hydrogen-bond acceptors (Lipinski definition) is 9. The second kappa shape index (κ2) is 17.9. The first-order valence-corrected chi connectivity index (χ1v) is 22.0. The molecule has 4 heterocycles. The fraction of sp³-hybridized carbons (Fsp3) is 0.556. The van der Waals surface area contributed by atoms with Crippen LogP contribution in [0.15, 0.2) is 48.5 Å². The molecule has 4 aliphatic heterocycles. The van der Waals surface area contributed by atoms with Crippen molar-refractivity contribution in [2.24, 2.45) is 23.2 Å². The van der Waals surface area contributed by atoms with Crippen molar-refractivity contribution in [1.29, 1.82) is 0 Å². The predicted molar refractivity (Wildman–Crippen MR) is 231 cm³/mol. The molecule has 18 heteroatoms. The van der Waals surface area contributed by atoms with E-state index >= 15 is 0 Å². The molecule has 15 nitrogen and oxygen atoms in total. The lowest BCUT2D eigenvalue weighted by atomic mass is 9.90. The van der Waals surface area contributed by atoms with Crippen LogP contribution in [0, 0.1) is 23.2 Å². The van der Waals surface area contributed by atoms with Crippen molar-refractivity contribution in [2.45, 2.75) is 89.9 Å². The van der Waals surface area contributed by atoms with Crippen LogP contribution in [0.4, 0.5) is 39.8 Å². The van der Waals surface area contributed by atoms with E-state index in [9.17, 15) is 37.5 Å². The van der Waals surface area contributed by atoms with Crippen LogP contribution >= 0.6 is 0 Å². The van der Waals surface area contributed by atoms with Gasteiger partial charge in [-0.3, -0.25) is 9.59 Å². The molecular weight excluding hydrogens is 822 g/mol. The summed E-state index contributed by atoms with van der Waals surface area (Å²) >= 11 is 0. The number of alkyl halides is 3. The number of carbonyl (C=O) groups excluding carboxylic acids is 3. The Bertz CT molecular complexity index is 2210. The molecule has 1 aliphatic carbocycles. The number of ether oxygens (including phenoxy) is 2. The lowest BCUT2D eigenvalue weighted by molar-refractivity contribution is -0.274. The molecule has 5 atom stereocenters. The molecule has 3 aromatic carbocycles. The molecule has 5 amide bonds. The number of carbonyl (C=O) groups is 4. The number of urea groups is 1. The van der Waals surface area contributed by atoms with E-state index in [1.807, 2.05) is 23.1 Å². The van der Waals surface area contributed by atoms with E-state index < -0.39 is 30.3 Å². The number of likely N-dealkylation sites (tertiary alicyclic amines) is 2. The number of nitrogens with zero attached hydrogens (tertiary/aromatic N) is 2. The van der Waals surface area contributed by atoms with E-state index in [-0.39, 0.29) is 71.0 Å². The van der Waals surface area contributed by atoms with E-state index in [1.54, 1.807) is 17.0 Å². The van der Waals surface area contributed by atoms with Crippen molar-refractivity contribution in [3.8, 4) is 16.9 Å². The Morgan fingerprint density at radius 2 is 1.73 bits per heavy atom. The quantitative estimate of drug-likeness (QED) is 0.0977. The minimum Gasteiger partial charge on any atom is -0.465 e. The summed E-state index contributed by atoms with van der Waals surface area (Å²) in [6.07, 6.45) is -2.19. The van der Waals surface area contributed by atoms with Crippen molar-refractivity contribution < 1.29 is 46.9 Å². The molecule has 0 aromatic heterocycles. The van der Waals surface area contributed by atoms with Crippen LogP contribution in [0.3, 0.4) is 0 Å². The summed E-state index contributed by atoms with van der Waals surface area (Å²) in [6.45, 7) is 9.89. The third kappa shape index (κ3) is 10.2. The number of fused-ring (bicyclic) bond motifs is 3. The Balaban J connectivity index is 0.897. The lowest BCUT2D eigenvalue weighted by Crippen LogP contribution is -2.57. The van der Waals surface area contributed by atoms with Crippen molar-refractivity contribution in [3.63, 3.8) is 0 Å². The van der Waals surface area contributed by atoms with Gasteiger partial charge in [0.25, 0.3) is 0 Å². The molecule has 0 bridgehead atoms. The third-order valence-electron chi connectivity index (χ3n) is 13.4. The normalized spacial score (nSPS) is 23.9. The number of amides is 5. The number of nitrogens with one attached hydrogen (secondary N) is 6. The minimum atomic E-state index is -5.00. The van der Waals surface area contributed by atoms with Crippen LogP contribution in [0.1, 0.15) is 59.3 Å². The maximum atomic E-state index is 14.1. The zero-order chi connectivity index (χ0) is 44.6. The molecule has 63 heavy (non-hydrogen) atoms. The first-order chi connectivity index (χ1) is 30.0. The average molecular weight is 879 g/mol. The second-order valence-corrected chi connectivity index (χ2v) is 18.4. The molecule has 7 N–H and O–H groups in total. The van der Waals surface area contributed by atoms with Crippen LogP contribution in [-0.2, 0) is 14.3 Å². The number of rotatable bonds is 12. The van der Waals surface area contributed by atoms with Crippen LogP contribution in [0.5, 0.6) is 5.75 Å². The first-order valence-electron chi connectivity index (χ1n) is 22.0. The van der Waals surface area contributed by atoms with Crippen LogP contribution in [0.25, 0.3) is 21.9 Å². The Hall–Kier alpha value is -5.49. The molecule has 0 spiro atoms. The molecular formula is C45H57F3N8O7. The van der Waals surface area contributed by atoms with Gasteiger partial charge in [-0.05, 0) is 91.0 Å². The van der Waals surface area contributed by atoms with Gasteiger partial charge in [-0.1, -0.05) is 39.0 Å². The monoisotopic (exact) mass is 878 g/mol. The highest BCUT2D eigenvalue weighted by Crippen LogP contribution is 2.52. The van der Waals surface area contributed by atoms with Crippen molar-refractivity contribution in [3.05, 3.63) is 48.5 Å². The smallest absolute Gasteiger partial charge is 0.465 e. The van der Waals surface area contributed by atoms with E-state index in [1.165, 1.54) is 12.1 Å². The highest BCUT2D eigenvalue weighted by Gasteiger charge is 2.52. The number of piperidine rings is 1. The standard InChI is InChI=1S/C45H57F3N8O7/c1-25-20-35(56(24-25)41(58)37(54-43(60)61)26-12-18-62-19-13-26)39-52-34-9-5-28-21-27(4-7-32(28)38(34)53-39)31-8-6-30(22-36(31)63-45(46,47)48)51-42(59)50-15-14-49-29-10-16-55(17-11-29)40(57)33-23-44(33,2)3/h4-9,21-22,25-26,29,33,35,37,39,49,52-54H,10-20,23-24H2,1-3H3,(H,60,61)(H2,50,51,59)/t25-,33?,35-,37-,39?/m0/s1. The van der Waals surface area contributed by atoms with Crippen LogP contribution < -0.4 is 36.6 Å². The summed E-state index contributed by atoms with van der Waals surface area (Å²) in [7, 11) is 0. The average Bonchev–Trinajstić information content (AvgIpc) is 3.51. The van der Waals surface area contributed by atoms with E-state index in [0.717, 1.165) is 47.5 Å². The number of benzene rings is 3. The minimum absolute atomic E-state index is 0.0989. The van der Waals surface area contributed by atoms with Gasteiger partial charge in [0.15, 0.2) is 0 Å². The van der Waals surface area contributed by atoms with Gasteiger partial charge in [0, 0.05) is 80.6 Å². The summed E-state index contributed by atoms with van der Waals surface area (Å²) in [5.74, 6) is -0.366. The van der Waals surface area contributed by atoms with Gasteiger partial charge in [0.1, 0.15) is 18.0 Å². The fourth-order valence-electron chi connectivity index (χ4n) is 9.81. The topological polar surface area (TPSA) is 186 Å². The Labute approximate surface area is 364 Å². The van der Waals surface area contributed by atoms with Gasteiger partial charge in [-0.25, -0.2) is 9.59 Å². The summed E-state index contributed by atoms with van der Waals surface area (Å²) in [4.78, 5) is 55.1. The van der Waals surface area contributed by atoms with Crippen molar-refractivity contribution >= 4 is 51.8 Å². The fourth-order valence-corrected chi connectivity index (χ4v) is 9.81. The van der Waals surface area contributed by atoms with Crippen LogP contribution in [0.2, 0.25) is 0 Å². The first kappa shape index (κ1) is 44.1. The SMILES string of the molecule is C[C@H]1C[C@@H](C2Nc3ccc4cc(-c5ccc(NC(=O)NCCNC6CCN(C(=O)C7CC7(C)C)CC6)cc5OC(F)(F)F)ccc4c3N2)N(C(=O)[C@@H](NC(=O)O)C2CCOCC2)C1. The summed E-state index contributed by atoms with van der Waals surface area (Å²) in [5, 5.41) is 29.5. The molecule has 4 fully saturated rings. The molecule has 3 saturated heterocycles. The predicted octanol–water partition coefficient (Wildman–Crippen LogP) is 6.62. The summed E-state index contributed by atoms with van der Waals surface area (Å²) < 4.78 is 51.2. The van der Waals surface area contributed by atoms with Gasteiger partial charge in [-0.2, -0.15) is 0 Å². The summed E-state index contributed by atoms with van der Waals surface area (Å²) in [5.41, 5.74) is 2.43. The van der Waals surface area contributed by atoms with Gasteiger partial charge in [-0.15, -0.1) is 13.2 Å². The van der Waals surface area contributed by atoms with E-state index in [0.29, 0.717) is 64.2 Å². The molecule has 3 aromatic rings. The molecule has 0 radical (unpaired) electrons. The Morgan fingerprint density at radius 3 is 2.43 bits per heavy atom. The number of hydrogen-bond donors (Lipinski definition) is 7. The highest BCUT2D eigenvalue weighted by atomic mass is 19.4. The molecule has 5 aliphatic rings. The third-order valence-corrected chi connectivity index (χ3v) is 13.4. The van der Waals surface area contributed by atoms with Crippen molar-refractivity contribution in [2.75, 3.05) is 61.9 Å². The Kier molecular flexibility index (Phi) is 12.6. The largest absolute Gasteiger partial charge is 0.573 e.